The van der Waals surface area contributed by atoms with E-state index in [1.54, 1.807) is 0 Å². The van der Waals surface area contributed by atoms with Gasteiger partial charge in [-0.15, -0.1) is 0 Å². The van der Waals surface area contributed by atoms with E-state index >= 15 is 0 Å². The zero-order valence-electron chi connectivity index (χ0n) is 11.0. The standard InChI is InChI=1S/C13H12Cl2FNO4/c1-13(12(19)20)5-21-4-10(13)17-11(18)6-2-9(16)8(15)3-7(6)14/h2-3,10H,4-5H2,1H3,(H,17,18)(H,19,20). The van der Waals surface area contributed by atoms with Gasteiger partial charge in [-0.25, -0.2) is 4.39 Å². The van der Waals surface area contributed by atoms with Crippen LogP contribution in [0.2, 0.25) is 10.0 Å². The van der Waals surface area contributed by atoms with E-state index < -0.39 is 29.2 Å². The molecule has 0 spiro atoms. The van der Waals surface area contributed by atoms with Crippen molar-refractivity contribution in [3.8, 4) is 0 Å². The second-order valence-corrected chi connectivity index (χ2v) is 5.82. The van der Waals surface area contributed by atoms with E-state index in [-0.39, 0.29) is 28.8 Å². The van der Waals surface area contributed by atoms with E-state index in [4.69, 9.17) is 27.9 Å². The molecule has 8 heteroatoms. The highest BCUT2D eigenvalue weighted by Gasteiger charge is 2.47. The predicted octanol–water partition coefficient (Wildman–Crippen LogP) is 2.35. The fraction of sp³-hybridized carbons (Fsp3) is 0.385. The maximum absolute atomic E-state index is 13.4. The largest absolute Gasteiger partial charge is 0.481 e. The van der Waals surface area contributed by atoms with Crippen molar-refractivity contribution in [1.82, 2.24) is 5.32 Å². The molecule has 2 N–H and O–H groups in total. The van der Waals surface area contributed by atoms with Crippen LogP contribution < -0.4 is 5.32 Å². The van der Waals surface area contributed by atoms with Crippen LogP contribution in [0.15, 0.2) is 12.1 Å². The Morgan fingerprint density at radius 3 is 2.71 bits per heavy atom. The fourth-order valence-electron chi connectivity index (χ4n) is 2.02. The molecule has 2 atom stereocenters. The van der Waals surface area contributed by atoms with Crippen LogP contribution in [0.5, 0.6) is 0 Å². The molecule has 1 heterocycles. The molecular weight excluding hydrogens is 324 g/mol. The lowest BCUT2D eigenvalue weighted by atomic mass is 9.85. The molecule has 21 heavy (non-hydrogen) atoms. The topological polar surface area (TPSA) is 75.6 Å². The van der Waals surface area contributed by atoms with Gasteiger partial charge in [0.15, 0.2) is 0 Å². The number of hydrogen-bond donors (Lipinski definition) is 2. The number of benzene rings is 1. The molecule has 0 radical (unpaired) electrons. The lowest BCUT2D eigenvalue weighted by molar-refractivity contribution is -0.148. The molecule has 2 unspecified atom stereocenters. The molecule has 5 nitrogen and oxygen atoms in total. The Kier molecular flexibility index (Phi) is 4.41. The van der Waals surface area contributed by atoms with Gasteiger partial charge in [-0.1, -0.05) is 23.2 Å². The first kappa shape index (κ1) is 16.0. The van der Waals surface area contributed by atoms with Crippen molar-refractivity contribution in [2.24, 2.45) is 5.41 Å². The molecule has 0 bridgehead atoms. The first-order valence-corrected chi connectivity index (χ1v) is 6.78. The average Bonchev–Trinajstić information content (AvgIpc) is 2.76. The third kappa shape index (κ3) is 2.97. The van der Waals surface area contributed by atoms with E-state index in [9.17, 15) is 19.1 Å². The number of hydrogen-bond acceptors (Lipinski definition) is 3. The second kappa shape index (κ2) is 5.79. The van der Waals surface area contributed by atoms with Gasteiger partial charge in [0, 0.05) is 0 Å². The molecule has 114 valence electrons. The van der Waals surface area contributed by atoms with Gasteiger partial charge >= 0.3 is 5.97 Å². The molecule has 0 aliphatic carbocycles. The third-order valence-corrected chi connectivity index (χ3v) is 4.11. The molecule has 0 saturated carbocycles. The highest BCUT2D eigenvalue weighted by atomic mass is 35.5. The van der Waals surface area contributed by atoms with Crippen LogP contribution >= 0.6 is 23.2 Å². The summed E-state index contributed by atoms with van der Waals surface area (Å²) in [6.45, 7) is 1.51. The van der Waals surface area contributed by atoms with Crippen LogP contribution in [0.25, 0.3) is 0 Å². The number of rotatable bonds is 3. The molecule has 1 aliphatic heterocycles. The van der Waals surface area contributed by atoms with E-state index in [2.05, 4.69) is 5.32 Å². The lowest BCUT2D eigenvalue weighted by Gasteiger charge is -2.25. The zero-order chi connectivity index (χ0) is 15.8. The molecule has 1 amide bonds. The molecule has 1 fully saturated rings. The molecular formula is C13H12Cl2FNO4. The van der Waals surface area contributed by atoms with E-state index in [0.717, 1.165) is 12.1 Å². The Balaban J connectivity index is 2.23. The van der Waals surface area contributed by atoms with Crippen molar-refractivity contribution >= 4 is 35.1 Å². The average molecular weight is 336 g/mol. The Morgan fingerprint density at radius 1 is 1.43 bits per heavy atom. The minimum atomic E-state index is -1.24. The number of carboxylic acid groups (broad SMARTS) is 1. The van der Waals surface area contributed by atoms with Crippen molar-refractivity contribution in [3.05, 3.63) is 33.6 Å². The van der Waals surface area contributed by atoms with Gasteiger partial charge in [-0.05, 0) is 19.1 Å². The molecule has 1 aliphatic rings. The maximum Gasteiger partial charge on any atom is 0.313 e. The van der Waals surface area contributed by atoms with Crippen LogP contribution in [0.1, 0.15) is 17.3 Å². The normalized spacial score (nSPS) is 24.9. The first-order valence-electron chi connectivity index (χ1n) is 6.02. The van der Waals surface area contributed by atoms with Gasteiger partial charge in [0.1, 0.15) is 11.2 Å². The van der Waals surface area contributed by atoms with E-state index in [1.165, 1.54) is 6.92 Å². The van der Waals surface area contributed by atoms with Crippen molar-refractivity contribution in [2.75, 3.05) is 13.2 Å². The number of carboxylic acids is 1. The Labute approximate surface area is 130 Å². The van der Waals surface area contributed by atoms with Crippen LogP contribution in [-0.4, -0.2) is 36.2 Å². The summed E-state index contributed by atoms with van der Waals surface area (Å²) in [5.41, 5.74) is -1.36. The quantitative estimate of drug-likeness (QED) is 0.831. The number of nitrogens with one attached hydrogen (secondary N) is 1. The van der Waals surface area contributed by atoms with Gasteiger partial charge < -0.3 is 15.2 Å². The highest BCUT2D eigenvalue weighted by molar-refractivity contribution is 6.36. The highest BCUT2D eigenvalue weighted by Crippen LogP contribution is 2.30. The Bertz CT molecular complexity index is 610. The number of carbonyl (C=O) groups excluding carboxylic acids is 1. The summed E-state index contributed by atoms with van der Waals surface area (Å²) in [5, 5.41) is 11.5. The summed E-state index contributed by atoms with van der Waals surface area (Å²) in [6, 6.07) is 1.29. The zero-order valence-corrected chi connectivity index (χ0v) is 12.5. The summed E-state index contributed by atoms with van der Waals surface area (Å²) < 4.78 is 18.5. The number of aliphatic carboxylic acids is 1. The summed E-state index contributed by atoms with van der Waals surface area (Å²) >= 11 is 11.4. The first-order chi connectivity index (χ1) is 9.75. The van der Waals surface area contributed by atoms with Crippen LogP contribution in [0.4, 0.5) is 4.39 Å². The SMILES string of the molecule is CC1(C(=O)O)COCC1NC(=O)c1cc(F)c(Cl)cc1Cl. The Morgan fingerprint density at radius 2 is 2.10 bits per heavy atom. The number of amides is 1. The van der Waals surface area contributed by atoms with Gasteiger partial charge in [-0.2, -0.15) is 0 Å². The van der Waals surface area contributed by atoms with Crippen molar-refractivity contribution in [2.45, 2.75) is 13.0 Å². The van der Waals surface area contributed by atoms with Crippen LogP contribution in [0, 0.1) is 11.2 Å². The maximum atomic E-state index is 13.4. The van der Waals surface area contributed by atoms with Crippen LogP contribution in [-0.2, 0) is 9.53 Å². The molecule has 1 saturated heterocycles. The molecule has 1 aromatic carbocycles. The van der Waals surface area contributed by atoms with E-state index in [1.807, 2.05) is 0 Å². The minimum absolute atomic E-state index is 0.0179. The minimum Gasteiger partial charge on any atom is -0.481 e. The lowest BCUT2D eigenvalue weighted by Crippen LogP contribution is -2.49. The summed E-state index contributed by atoms with van der Waals surface area (Å²) in [7, 11) is 0. The molecule has 0 aromatic heterocycles. The van der Waals surface area contributed by atoms with Gasteiger partial charge in [0.05, 0.1) is 34.9 Å². The number of carbonyl (C=O) groups is 2. The number of halogens is 3. The van der Waals surface area contributed by atoms with Gasteiger partial charge in [-0.3, -0.25) is 9.59 Å². The van der Waals surface area contributed by atoms with Crippen molar-refractivity contribution in [1.29, 1.82) is 0 Å². The fourth-order valence-corrected chi connectivity index (χ4v) is 2.49. The third-order valence-electron chi connectivity index (χ3n) is 3.50. The smallest absolute Gasteiger partial charge is 0.313 e. The monoisotopic (exact) mass is 335 g/mol. The van der Waals surface area contributed by atoms with Crippen molar-refractivity contribution in [3.63, 3.8) is 0 Å². The van der Waals surface area contributed by atoms with E-state index in [0.29, 0.717) is 0 Å². The molecule has 1 aromatic rings. The van der Waals surface area contributed by atoms with Gasteiger partial charge in [0.25, 0.3) is 5.91 Å². The molecule has 2 rings (SSSR count). The predicted molar refractivity (Wildman–Crippen MR) is 74.2 cm³/mol. The van der Waals surface area contributed by atoms with Crippen LogP contribution in [0.3, 0.4) is 0 Å². The van der Waals surface area contributed by atoms with Crippen molar-refractivity contribution < 1.29 is 23.8 Å². The summed E-state index contributed by atoms with van der Waals surface area (Å²) in [6.07, 6.45) is 0. The van der Waals surface area contributed by atoms with Gasteiger partial charge in [0.2, 0.25) is 0 Å². The summed E-state index contributed by atoms with van der Waals surface area (Å²) in [5.74, 6) is -2.55. The second-order valence-electron chi connectivity index (χ2n) is 5.01. The number of ether oxygens (including phenoxy) is 1. The summed E-state index contributed by atoms with van der Waals surface area (Å²) in [4.78, 5) is 23.4. The Hall–Kier alpha value is -1.37.